The van der Waals surface area contributed by atoms with Crippen molar-refractivity contribution in [2.24, 2.45) is 5.92 Å². The molecule has 0 saturated carbocycles. The van der Waals surface area contributed by atoms with Gasteiger partial charge in [-0.2, -0.15) is 0 Å². The van der Waals surface area contributed by atoms with E-state index in [-0.39, 0.29) is 30.4 Å². The highest BCUT2D eigenvalue weighted by Gasteiger charge is 2.36. The molecule has 1 aliphatic heterocycles. The minimum Gasteiger partial charge on any atom is -0.504 e. The lowest BCUT2D eigenvalue weighted by molar-refractivity contribution is -0.141. The molecule has 6 heteroatoms. The quantitative estimate of drug-likeness (QED) is 0.747. The molecular formula is C10H10N2O4. The zero-order chi connectivity index (χ0) is 11.7. The van der Waals surface area contributed by atoms with Gasteiger partial charge in [-0.3, -0.25) is 14.5 Å². The fourth-order valence-corrected chi connectivity index (χ4v) is 1.67. The molecule has 1 aromatic rings. The summed E-state index contributed by atoms with van der Waals surface area (Å²) in [6.07, 6.45) is 1.39. The molecule has 84 valence electrons. The van der Waals surface area contributed by atoms with Gasteiger partial charge in [-0.05, 0) is 12.1 Å². The number of aliphatic carboxylic acids is 1. The van der Waals surface area contributed by atoms with Gasteiger partial charge in [0.2, 0.25) is 5.91 Å². The van der Waals surface area contributed by atoms with Crippen molar-refractivity contribution in [1.29, 1.82) is 0 Å². The number of carboxylic acids is 1. The largest absolute Gasteiger partial charge is 0.504 e. The molecule has 1 fully saturated rings. The lowest BCUT2D eigenvalue weighted by Gasteiger charge is -2.15. The Balaban J connectivity index is 2.27. The van der Waals surface area contributed by atoms with Gasteiger partial charge in [0, 0.05) is 19.2 Å². The van der Waals surface area contributed by atoms with E-state index in [1.165, 1.54) is 23.2 Å². The number of carboxylic acid groups (broad SMARTS) is 1. The average molecular weight is 222 g/mol. The van der Waals surface area contributed by atoms with Crippen LogP contribution >= 0.6 is 0 Å². The van der Waals surface area contributed by atoms with Gasteiger partial charge in [-0.15, -0.1) is 0 Å². The van der Waals surface area contributed by atoms with Gasteiger partial charge in [-0.1, -0.05) is 0 Å². The lowest BCUT2D eigenvalue weighted by Crippen LogP contribution is -2.26. The first-order chi connectivity index (χ1) is 7.59. The number of anilines is 1. The third-order valence-corrected chi connectivity index (χ3v) is 2.50. The predicted molar refractivity (Wildman–Crippen MR) is 54.0 cm³/mol. The first-order valence-corrected chi connectivity index (χ1v) is 4.76. The molecule has 0 aliphatic carbocycles. The number of hydrogen-bond donors (Lipinski definition) is 2. The number of rotatable bonds is 2. The van der Waals surface area contributed by atoms with Gasteiger partial charge in [0.25, 0.3) is 0 Å². The zero-order valence-electron chi connectivity index (χ0n) is 8.33. The van der Waals surface area contributed by atoms with Gasteiger partial charge in [0.1, 0.15) is 0 Å². The van der Waals surface area contributed by atoms with E-state index in [1.54, 1.807) is 0 Å². The van der Waals surface area contributed by atoms with Crippen LogP contribution in [0, 0.1) is 5.92 Å². The van der Waals surface area contributed by atoms with E-state index >= 15 is 0 Å². The predicted octanol–water partition coefficient (Wildman–Crippen LogP) is 0.225. The Hall–Kier alpha value is -2.11. The fourth-order valence-electron chi connectivity index (χ4n) is 1.67. The van der Waals surface area contributed by atoms with Crippen LogP contribution in [0.25, 0.3) is 0 Å². The van der Waals surface area contributed by atoms with Gasteiger partial charge in [0.15, 0.2) is 11.6 Å². The molecule has 2 heterocycles. The third-order valence-electron chi connectivity index (χ3n) is 2.50. The highest BCUT2D eigenvalue weighted by molar-refractivity contribution is 5.99. The minimum atomic E-state index is -1.01. The maximum absolute atomic E-state index is 11.6. The van der Waals surface area contributed by atoms with Crippen molar-refractivity contribution in [3.05, 3.63) is 18.3 Å². The van der Waals surface area contributed by atoms with Crippen LogP contribution < -0.4 is 4.90 Å². The van der Waals surface area contributed by atoms with Crippen molar-refractivity contribution in [3.8, 4) is 5.75 Å². The number of carbonyl (C=O) groups excluding carboxylic acids is 1. The molecule has 16 heavy (non-hydrogen) atoms. The van der Waals surface area contributed by atoms with Crippen molar-refractivity contribution in [1.82, 2.24) is 4.98 Å². The van der Waals surface area contributed by atoms with E-state index in [2.05, 4.69) is 4.98 Å². The molecule has 2 N–H and O–H groups in total. The third kappa shape index (κ3) is 1.69. The summed E-state index contributed by atoms with van der Waals surface area (Å²) >= 11 is 0. The van der Waals surface area contributed by atoms with Gasteiger partial charge < -0.3 is 10.2 Å². The average Bonchev–Trinajstić information content (AvgIpc) is 2.61. The van der Waals surface area contributed by atoms with E-state index in [9.17, 15) is 14.7 Å². The standard InChI is InChI=1S/C10H10N2O4/c13-7-2-1-3-11-9(7)12-5-6(10(15)16)4-8(12)14/h1-3,6,13H,4-5H2,(H,15,16). The van der Waals surface area contributed by atoms with Crippen molar-refractivity contribution in [3.63, 3.8) is 0 Å². The summed E-state index contributed by atoms with van der Waals surface area (Å²) in [7, 11) is 0. The van der Waals surface area contributed by atoms with Gasteiger partial charge >= 0.3 is 5.97 Å². The second kappa shape index (κ2) is 3.80. The van der Waals surface area contributed by atoms with Crippen LogP contribution in [0.2, 0.25) is 0 Å². The Kier molecular flexibility index (Phi) is 2.47. The first kappa shape index (κ1) is 10.4. The van der Waals surface area contributed by atoms with Crippen LogP contribution in [0.4, 0.5) is 5.82 Å². The molecule has 1 amide bonds. The highest BCUT2D eigenvalue weighted by atomic mass is 16.4. The van der Waals surface area contributed by atoms with Gasteiger partial charge in [0.05, 0.1) is 5.92 Å². The summed E-state index contributed by atoms with van der Waals surface area (Å²) in [6, 6.07) is 2.94. The summed E-state index contributed by atoms with van der Waals surface area (Å²) < 4.78 is 0. The Morgan fingerprint density at radius 1 is 1.56 bits per heavy atom. The van der Waals surface area contributed by atoms with Crippen molar-refractivity contribution >= 4 is 17.7 Å². The smallest absolute Gasteiger partial charge is 0.308 e. The summed E-state index contributed by atoms with van der Waals surface area (Å²) in [4.78, 5) is 27.4. The number of aromatic nitrogens is 1. The fraction of sp³-hybridized carbons (Fsp3) is 0.300. The Bertz CT molecular complexity index is 446. The van der Waals surface area contributed by atoms with Crippen molar-refractivity contribution in [2.75, 3.05) is 11.4 Å². The minimum absolute atomic E-state index is 0.0503. The van der Waals surface area contributed by atoms with Crippen LogP contribution in [0.15, 0.2) is 18.3 Å². The number of nitrogens with zero attached hydrogens (tertiary/aromatic N) is 2. The molecule has 1 atom stereocenters. The van der Waals surface area contributed by atoms with Crippen LogP contribution in [-0.2, 0) is 9.59 Å². The summed E-state index contributed by atoms with van der Waals surface area (Å²) in [6.45, 7) is 0.0543. The van der Waals surface area contributed by atoms with E-state index in [0.29, 0.717) is 0 Å². The Morgan fingerprint density at radius 2 is 2.31 bits per heavy atom. The lowest BCUT2D eigenvalue weighted by atomic mass is 10.1. The van der Waals surface area contributed by atoms with E-state index < -0.39 is 11.9 Å². The van der Waals surface area contributed by atoms with Crippen molar-refractivity contribution in [2.45, 2.75) is 6.42 Å². The number of hydrogen-bond acceptors (Lipinski definition) is 4. The summed E-state index contributed by atoms with van der Waals surface area (Å²) in [5.74, 6) is -2.07. The topological polar surface area (TPSA) is 90.7 Å². The van der Waals surface area contributed by atoms with Crippen LogP contribution in [0.3, 0.4) is 0 Å². The summed E-state index contributed by atoms with van der Waals surface area (Å²) in [5, 5.41) is 18.3. The number of aromatic hydroxyl groups is 1. The normalized spacial score (nSPS) is 20.1. The molecule has 6 nitrogen and oxygen atoms in total. The number of amides is 1. The molecule has 1 aliphatic rings. The maximum Gasteiger partial charge on any atom is 0.308 e. The summed E-state index contributed by atoms with van der Waals surface area (Å²) in [5.41, 5.74) is 0. The molecule has 0 radical (unpaired) electrons. The van der Waals surface area contributed by atoms with Crippen LogP contribution in [-0.4, -0.2) is 33.6 Å². The number of carbonyl (C=O) groups is 2. The van der Waals surface area contributed by atoms with E-state index in [1.807, 2.05) is 0 Å². The van der Waals surface area contributed by atoms with Crippen LogP contribution in [0.5, 0.6) is 5.75 Å². The molecule has 0 aromatic carbocycles. The van der Waals surface area contributed by atoms with Crippen molar-refractivity contribution < 1.29 is 19.8 Å². The SMILES string of the molecule is O=C(O)C1CC(=O)N(c2ncccc2O)C1. The van der Waals surface area contributed by atoms with Crippen LogP contribution in [0.1, 0.15) is 6.42 Å². The molecular weight excluding hydrogens is 212 g/mol. The highest BCUT2D eigenvalue weighted by Crippen LogP contribution is 2.29. The second-order valence-electron chi connectivity index (χ2n) is 3.59. The number of pyridine rings is 1. The molecule has 1 unspecified atom stereocenters. The monoisotopic (exact) mass is 222 g/mol. The molecule has 1 saturated heterocycles. The van der Waals surface area contributed by atoms with E-state index in [0.717, 1.165) is 0 Å². The maximum atomic E-state index is 11.6. The van der Waals surface area contributed by atoms with Gasteiger partial charge in [-0.25, -0.2) is 4.98 Å². The molecule has 1 aromatic heterocycles. The Morgan fingerprint density at radius 3 is 2.88 bits per heavy atom. The Labute approximate surface area is 91.1 Å². The molecule has 0 bridgehead atoms. The zero-order valence-corrected chi connectivity index (χ0v) is 8.33. The molecule has 0 spiro atoms. The van der Waals surface area contributed by atoms with E-state index in [4.69, 9.17) is 5.11 Å². The second-order valence-corrected chi connectivity index (χ2v) is 3.59. The first-order valence-electron chi connectivity index (χ1n) is 4.76. The molecule has 2 rings (SSSR count).